The van der Waals surface area contributed by atoms with Crippen LogP contribution in [0.5, 0.6) is 5.75 Å². The number of furan rings is 1. The Bertz CT molecular complexity index is 2340. The van der Waals surface area contributed by atoms with Gasteiger partial charge in [0.05, 0.1) is 35.7 Å². The number of rotatable bonds is 7. The van der Waals surface area contributed by atoms with Crippen molar-refractivity contribution in [3.05, 3.63) is 89.5 Å². The second-order valence-corrected chi connectivity index (χ2v) is 12.3. The van der Waals surface area contributed by atoms with Gasteiger partial charge in [0.2, 0.25) is 15.9 Å². The van der Waals surface area contributed by atoms with E-state index in [9.17, 15) is 27.3 Å². The summed E-state index contributed by atoms with van der Waals surface area (Å²) in [4.78, 5) is 17.6. The number of nitrogens with one attached hydrogen (secondary N) is 1. The Morgan fingerprint density at radius 2 is 1.72 bits per heavy atom. The topological polar surface area (TPSA) is 139 Å². The van der Waals surface area contributed by atoms with E-state index in [1.54, 1.807) is 24.3 Å². The molecule has 0 bridgehead atoms. The first kappa shape index (κ1) is 30.3. The summed E-state index contributed by atoms with van der Waals surface area (Å²) in [5, 5.41) is 12.5. The molecule has 0 aliphatic heterocycles. The molecule has 0 aliphatic rings. The molecule has 2 heterocycles. The molecule has 0 spiro atoms. The number of benzene rings is 4. The van der Waals surface area contributed by atoms with Crippen LogP contribution in [0.25, 0.3) is 56.0 Å². The number of nitriles is 1. The summed E-state index contributed by atoms with van der Waals surface area (Å²) in [5.74, 6) is -1.23. The SMILES string of the molecule is CNC(=O)c1c(-c2ccc(F)cc2)oc2cc(N(C)S(C)(=O)=O)c(-c3ccc(OC)c(-c4nc5c(C#N)ccc(F)c5o4)c3)cc12. The molecule has 10 nitrogen and oxygen atoms in total. The lowest BCUT2D eigenvalue weighted by Crippen LogP contribution is -2.25. The van der Waals surface area contributed by atoms with Gasteiger partial charge in [0.25, 0.3) is 5.91 Å². The molecule has 232 valence electrons. The molecule has 0 atom stereocenters. The van der Waals surface area contributed by atoms with Crippen molar-refractivity contribution in [3.63, 3.8) is 0 Å². The van der Waals surface area contributed by atoms with E-state index in [4.69, 9.17) is 13.6 Å². The normalized spacial score (nSPS) is 11.5. The Morgan fingerprint density at radius 1 is 1.00 bits per heavy atom. The number of carbonyl (C=O) groups is 1. The van der Waals surface area contributed by atoms with Gasteiger partial charge in [-0.3, -0.25) is 9.10 Å². The number of hydrogen-bond acceptors (Lipinski definition) is 8. The van der Waals surface area contributed by atoms with Gasteiger partial charge in [-0.1, -0.05) is 6.07 Å². The van der Waals surface area contributed by atoms with Crippen LogP contribution in [-0.2, 0) is 10.0 Å². The van der Waals surface area contributed by atoms with E-state index in [1.165, 1.54) is 57.6 Å². The highest BCUT2D eigenvalue weighted by Gasteiger charge is 2.27. The average Bonchev–Trinajstić information content (AvgIpc) is 3.66. The van der Waals surface area contributed by atoms with E-state index >= 15 is 0 Å². The molecule has 6 rings (SSSR count). The molecule has 6 aromatic rings. The molecular formula is C33H24F2N4O6S. The highest BCUT2D eigenvalue weighted by molar-refractivity contribution is 7.92. The van der Waals surface area contributed by atoms with E-state index < -0.39 is 27.6 Å². The van der Waals surface area contributed by atoms with E-state index in [1.807, 2.05) is 6.07 Å². The zero-order chi connectivity index (χ0) is 32.9. The van der Waals surface area contributed by atoms with Crippen LogP contribution >= 0.6 is 0 Å². The largest absolute Gasteiger partial charge is 0.496 e. The quantitative estimate of drug-likeness (QED) is 0.209. The van der Waals surface area contributed by atoms with Gasteiger partial charge >= 0.3 is 0 Å². The Morgan fingerprint density at radius 3 is 2.37 bits per heavy atom. The molecule has 4 aromatic carbocycles. The molecule has 0 radical (unpaired) electrons. The van der Waals surface area contributed by atoms with Crippen molar-refractivity contribution in [1.82, 2.24) is 10.3 Å². The Labute approximate surface area is 261 Å². The van der Waals surface area contributed by atoms with Crippen molar-refractivity contribution in [2.24, 2.45) is 0 Å². The molecule has 1 amide bonds. The number of halogens is 2. The number of oxazole rings is 1. The van der Waals surface area contributed by atoms with Gasteiger partial charge in [0.1, 0.15) is 34.5 Å². The number of hydrogen-bond donors (Lipinski definition) is 1. The standard InChI is InChI=1S/C33H24F2N4O6S/c1-37-32(40)28-22-14-21(25(39(2)46(4,41)42)15-27(22)44-30(28)17-5-9-20(34)10-6-17)18-8-12-26(43-3)23(13-18)33-38-29-19(16-36)7-11-24(35)31(29)45-33/h5-15H,1-4H3,(H,37,40). The fourth-order valence-corrected chi connectivity index (χ4v) is 5.69. The van der Waals surface area contributed by atoms with Gasteiger partial charge in [0, 0.05) is 36.7 Å². The number of aromatic nitrogens is 1. The highest BCUT2D eigenvalue weighted by Crippen LogP contribution is 2.43. The summed E-state index contributed by atoms with van der Waals surface area (Å²) >= 11 is 0. The number of amides is 1. The van der Waals surface area contributed by atoms with Crippen LogP contribution in [0.4, 0.5) is 14.5 Å². The third-order valence-electron chi connectivity index (χ3n) is 7.56. The van der Waals surface area contributed by atoms with E-state index in [0.717, 1.165) is 16.6 Å². The van der Waals surface area contributed by atoms with Gasteiger partial charge in [-0.2, -0.15) is 5.26 Å². The van der Waals surface area contributed by atoms with Crippen LogP contribution in [0, 0.1) is 23.0 Å². The number of ether oxygens (including phenoxy) is 1. The van der Waals surface area contributed by atoms with Crippen LogP contribution in [0.1, 0.15) is 15.9 Å². The molecular weight excluding hydrogens is 618 g/mol. The molecule has 2 aromatic heterocycles. The van der Waals surface area contributed by atoms with E-state index in [-0.39, 0.29) is 45.1 Å². The predicted octanol–water partition coefficient (Wildman–Crippen LogP) is 6.49. The van der Waals surface area contributed by atoms with Crippen molar-refractivity contribution < 1.29 is 35.6 Å². The lowest BCUT2D eigenvalue weighted by molar-refractivity contribution is 0.0964. The monoisotopic (exact) mass is 642 g/mol. The maximum absolute atomic E-state index is 14.6. The summed E-state index contributed by atoms with van der Waals surface area (Å²) in [6, 6.07) is 17.8. The van der Waals surface area contributed by atoms with Crippen LogP contribution in [0.2, 0.25) is 0 Å². The number of carbonyl (C=O) groups excluding carboxylic acids is 1. The highest BCUT2D eigenvalue weighted by atomic mass is 32.2. The molecule has 46 heavy (non-hydrogen) atoms. The molecule has 0 unspecified atom stereocenters. The molecule has 1 N–H and O–H groups in total. The zero-order valence-corrected chi connectivity index (χ0v) is 25.6. The van der Waals surface area contributed by atoms with Gasteiger partial charge in [-0.15, -0.1) is 0 Å². The summed E-state index contributed by atoms with van der Waals surface area (Å²) in [7, 11) is 0.461. The lowest BCUT2D eigenvalue weighted by atomic mass is 9.97. The molecule has 0 saturated carbocycles. The molecule has 0 fully saturated rings. The smallest absolute Gasteiger partial charge is 0.255 e. The first-order valence-electron chi connectivity index (χ1n) is 13.7. The summed E-state index contributed by atoms with van der Waals surface area (Å²) in [6.07, 6.45) is 1.04. The minimum absolute atomic E-state index is 0.0332. The number of sulfonamides is 1. The van der Waals surface area contributed by atoms with Crippen LogP contribution < -0.4 is 14.4 Å². The maximum atomic E-state index is 14.6. The second kappa shape index (κ2) is 11.3. The Balaban J connectivity index is 1.64. The summed E-state index contributed by atoms with van der Waals surface area (Å²) in [6.45, 7) is 0. The molecule has 13 heteroatoms. The van der Waals surface area contributed by atoms with Gasteiger partial charge in [0.15, 0.2) is 11.4 Å². The first-order chi connectivity index (χ1) is 21.9. The Hall–Kier alpha value is -5.74. The van der Waals surface area contributed by atoms with Gasteiger partial charge < -0.3 is 18.9 Å². The average molecular weight is 643 g/mol. The number of fused-ring (bicyclic) bond motifs is 2. The van der Waals surface area contributed by atoms with Crippen molar-refractivity contribution in [2.75, 3.05) is 31.8 Å². The number of anilines is 1. The molecule has 0 saturated heterocycles. The van der Waals surface area contributed by atoms with Crippen molar-refractivity contribution in [1.29, 1.82) is 5.26 Å². The maximum Gasteiger partial charge on any atom is 0.255 e. The van der Waals surface area contributed by atoms with Crippen LogP contribution in [0.15, 0.2) is 75.6 Å². The van der Waals surface area contributed by atoms with E-state index in [2.05, 4.69) is 10.3 Å². The third-order valence-corrected chi connectivity index (χ3v) is 8.75. The zero-order valence-electron chi connectivity index (χ0n) is 24.8. The minimum atomic E-state index is -3.80. The van der Waals surface area contributed by atoms with Gasteiger partial charge in [-0.05, 0) is 60.2 Å². The lowest BCUT2D eigenvalue weighted by Gasteiger charge is -2.21. The van der Waals surface area contributed by atoms with E-state index in [0.29, 0.717) is 33.4 Å². The second-order valence-electron chi connectivity index (χ2n) is 10.3. The fraction of sp³-hybridized carbons (Fsp3) is 0.121. The Kier molecular flexibility index (Phi) is 7.45. The number of methoxy groups -OCH3 is 1. The van der Waals surface area contributed by atoms with Crippen molar-refractivity contribution in [2.45, 2.75) is 0 Å². The first-order valence-corrected chi connectivity index (χ1v) is 15.5. The fourth-order valence-electron chi connectivity index (χ4n) is 5.18. The van der Waals surface area contributed by atoms with Crippen LogP contribution in [-0.4, -0.2) is 46.8 Å². The van der Waals surface area contributed by atoms with Crippen LogP contribution in [0.3, 0.4) is 0 Å². The summed E-state index contributed by atoms with van der Waals surface area (Å²) in [5.41, 5.74) is 2.08. The van der Waals surface area contributed by atoms with Gasteiger partial charge in [-0.25, -0.2) is 22.2 Å². The predicted molar refractivity (Wildman–Crippen MR) is 168 cm³/mol. The minimum Gasteiger partial charge on any atom is -0.496 e. The van der Waals surface area contributed by atoms with Crippen molar-refractivity contribution >= 4 is 43.7 Å². The molecule has 0 aliphatic carbocycles. The summed E-state index contributed by atoms with van der Waals surface area (Å²) < 4.78 is 72.5. The third kappa shape index (κ3) is 5.08. The number of nitrogens with zero attached hydrogens (tertiary/aromatic N) is 3. The van der Waals surface area contributed by atoms with Crippen molar-refractivity contribution in [3.8, 4) is 45.7 Å².